The van der Waals surface area contributed by atoms with Crippen LogP contribution in [0.3, 0.4) is 0 Å². The van der Waals surface area contributed by atoms with E-state index >= 15 is 0 Å². The van der Waals surface area contributed by atoms with Crippen LogP contribution in [0.4, 0.5) is 47.6 Å². The smallest absolute Gasteiger partial charge is 1.00 e. The maximum absolute atomic E-state index is 12.5. The Hall–Kier alpha value is -5.70. The van der Waals surface area contributed by atoms with Crippen molar-refractivity contribution in [2.75, 3.05) is 74.8 Å². The molecule has 5 aromatic rings. The van der Waals surface area contributed by atoms with E-state index in [9.17, 15) is 19.2 Å². The number of nitrogens with one attached hydrogen (secondary N) is 2. The molecule has 30 heteroatoms. The molecule has 4 amide bonds. The summed E-state index contributed by atoms with van der Waals surface area (Å²) in [5.74, 6) is 10.1. The van der Waals surface area contributed by atoms with Gasteiger partial charge in [-0.05, 0) is 83.1 Å². The van der Waals surface area contributed by atoms with Gasteiger partial charge in [-0.15, -0.1) is 37.6 Å². The number of ether oxygens (including phenoxy) is 9. The molecule has 494 valence electrons. The molecule has 4 N–H and O–H groups in total. The zero-order chi connectivity index (χ0) is 66.8. The summed E-state index contributed by atoms with van der Waals surface area (Å²) in [5.41, 5.74) is 5.28. The Labute approximate surface area is 659 Å². The number of halogens is 1. The number of pyridine rings is 5. The van der Waals surface area contributed by atoms with Crippen LogP contribution in [0.15, 0.2) is 92.3 Å². The molecule has 0 spiro atoms. The van der Waals surface area contributed by atoms with E-state index in [2.05, 4.69) is 58.2 Å². The molecule has 0 saturated carbocycles. The number of rotatable bonds is 12. The van der Waals surface area contributed by atoms with Crippen LogP contribution in [0.1, 0.15) is 107 Å². The van der Waals surface area contributed by atoms with Crippen molar-refractivity contribution in [1.29, 1.82) is 0 Å². The Morgan fingerprint density at radius 3 is 1.25 bits per heavy atom. The largest absolute Gasteiger partial charge is 1.00 e. The number of carbonyl (C=O) groups excluding carboxylic acids is 5. The van der Waals surface area contributed by atoms with E-state index in [0.29, 0.717) is 46.6 Å². The first-order valence-corrected chi connectivity index (χ1v) is 26.0. The second-order valence-electron chi connectivity index (χ2n) is 20.4. The average Bonchev–Trinajstić information content (AvgIpc) is 0.830. The predicted molar refractivity (Wildman–Crippen MR) is 345 cm³/mol. The van der Waals surface area contributed by atoms with E-state index in [4.69, 9.17) is 77.7 Å². The van der Waals surface area contributed by atoms with Crippen LogP contribution in [0.2, 0.25) is 0 Å². The molecule has 26 nitrogen and oxygen atoms in total. The summed E-state index contributed by atoms with van der Waals surface area (Å²) < 4.78 is 46.4. The van der Waals surface area contributed by atoms with Gasteiger partial charge in [-0.25, -0.2) is 19.2 Å². The molecule has 0 aliphatic rings. The van der Waals surface area contributed by atoms with Gasteiger partial charge in [0.1, 0.15) is 68.2 Å². The Bertz CT molecular complexity index is 2990. The zero-order valence-corrected chi connectivity index (χ0v) is 65.3. The number of imide groups is 1. The first-order chi connectivity index (χ1) is 40.8. The third kappa shape index (κ3) is 46.4. The molecule has 0 unspecified atom stereocenters. The van der Waals surface area contributed by atoms with Crippen LogP contribution in [-0.2, 0) is 28.6 Å². The zero-order valence-electron chi connectivity index (χ0n) is 58.2. The Morgan fingerprint density at radius 1 is 0.565 bits per heavy atom. The predicted octanol–water partition coefficient (Wildman–Crippen LogP) is 2.24. The average molecular weight is 1370 g/mol. The molecule has 0 saturated heterocycles. The molecule has 0 fully saturated rings. The molecule has 0 atom stereocenters. The van der Waals surface area contributed by atoms with Gasteiger partial charge in [-0.3, -0.25) is 39.9 Å². The number of hydrogen-bond donors (Lipinski definition) is 3. The number of hydrogen-bond acceptors (Lipinski definition) is 23. The standard InChI is InChI=1S/C16H24N2O5.C14H18N2O3.C11H16N2O3.C9H10N2O.C6H8N2O.C4H6.CH2O3.CH4.ClH.2K.Na.2H/c1-15(2,3)22-13(19)18(14(20)23-16(4,5)6)11-10-17-9-8-12(11)21-7;1-6-9-16(13(17)19-14(2,3)4)11-10-15-8-7-12(11)18-5;1-11(2,3)16-10(14)13-8-7-12-6-5-9(8)15-4;1-3-5-11-8-7-10-6-4-9(8)12-2;1-9-6-2-3-8-4-5(6)7;1-3-4-2;2-1-4-3;;;;;;;/h8-10H,1-7H3;1,7-8,10H,9H2,2-5H3;5-7H,1-4H3,(H,13,14);1,4,6-7,11H,5H2,2H3;2-4H,7H2,1H3;1H,4H2,2H3;1,3H;1H4;1H;;;;;/q;;;;;;;;;3*+1;2*-1/p-1. The van der Waals surface area contributed by atoms with E-state index in [1.54, 1.807) is 159 Å². The quantitative estimate of drug-likeness (QED) is 0.0403. The molecule has 5 rings (SSSR count). The normalized spacial score (nSPS) is 9.39. The number of amides is 4. The van der Waals surface area contributed by atoms with Gasteiger partial charge in [0, 0.05) is 67.7 Å². The summed E-state index contributed by atoms with van der Waals surface area (Å²) in [6.07, 6.45) is 28.8. The summed E-state index contributed by atoms with van der Waals surface area (Å²) in [4.78, 5) is 81.4. The van der Waals surface area contributed by atoms with Crippen LogP contribution in [0.25, 0.3) is 0 Å². The topological polar surface area (TPSA) is 322 Å². The van der Waals surface area contributed by atoms with E-state index in [0.717, 1.165) is 22.8 Å². The van der Waals surface area contributed by atoms with Gasteiger partial charge in [0.2, 0.25) is 0 Å². The van der Waals surface area contributed by atoms with Crippen molar-refractivity contribution in [2.24, 2.45) is 0 Å². The van der Waals surface area contributed by atoms with Gasteiger partial charge >= 0.3 is 157 Å². The second kappa shape index (κ2) is 54.7. The van der Waals surface area contributed by atoms with Gasteiger partial charge in [0.05, 0.1) is 91.0 Å². The Kier molecular flexibility index (Phi) is 59.3. The Balaban J connectivity index is -0.000000134. The number of nitrogen functional groups attached to an aromatic ring is 1. The van der Waals surface area contributed by atoms with E-state index in [-0.39, 0.29) is 174 Å². The molecule has 0 radical (unpaired) electrons. The first-order valence-electron chi connectivity index (χ1n) is 26.0. The van der Waals surface area contributed by atoms with Crippen molar-refractivity contribution < 1.29 is 212 Å². The van der Waals surface area contributed by atoms with Crippen LogP contribution < -0.4 is 187 Å². The molecule has 5 heterocycles. The second-order valence-corrected chi connectivity index (χ2v) is 20.4. The minimum atomic E-state index is -0.863. The summed E-state index contributed by atoms with van der Waals surface area (Å²) >= 11 is 0. The molecule has 92 heavy (non-hydrogen) atoms. The summed E-state index contributed by atoms with van der Waals surface area (Å²) in [6, 6.07) is 8.35. The van der Waals surface area contributed by atoms with Crippen LogP contribution in [0.5, 0.6) is 28.7 Å². The number of anilines is 5. The van der Waals surface area contributed by atoms with Crippen LogP contribution in [0, 0.1) is 37.0 Å². The molecule has 0 aromatic carbocycles. The number of carbonyl (C=O) groups is 5. The van der Waals surface area contributed by atoms with Crippen molar-refractivity contribution in [3.8, 4) is 65.8 Å². The van der Waals surface area contributed by atoms with Gasteiger partial charge in [-0.1, -0.05) is 26.2 Å². The first kappa shape index (κ1) is 99.9. The third-order valence-corrected chi connectivity index (χ3v) is 8.80. The maximum atomic E-state index is 12.5. The van der Waals surface area contributed by atoms with Crippen molar-refractivity contribution in [1.82, 2.24) is 24.9 Å². The number of nitrogens with two attached hydrogens (primary N) is 1. The monoisotopic (exact) mass is 1370 g/mol. The van der Waals surface area contributed by atoms with Gasteiger partial charge in [0.25, 0.3) is 6.47 Å². The number of methoxy groups -OCH3 is 5. The minimum Gasteiger partial charge on any atom is -1.00 e. The molecular formula is C62H90ClK2N10NaO16. The van der Waals surface area contributed by atoms with Crippen molar-refractivity contribution in [2.45, 2.75) is 126 Å². The van der Waals surface area contributed by atoms with Crippen molar-refractivity contribution >= 4 is 71.7 Å². The van der Waals surface area contributed by atoms with Gasteiger partial charge in [0.15, 0.2) is 0 Å². The van der Waals surface area contributed by atoms with Crippen molar-refractivity contribution in [3.63, 3.8) is 0 Å². The number of nitrogens with zero attached hydrogens (tertiary/aromatic N) is 7. The summed E-state index contributed by atoms with van der Waals surface area (Å²) in [5, 5.41) is 14.0. The molecular weight excluding hydrogens is 1280 g/mol. The van der Waals surface area contributed by atoms with Crippen LogP contribution >= 0.6 is 12.4 Å². The minimum absolute atomic E-state index is 0. The Morgan fingerprint density at radius 2 is 0.902 bits per heavy atom. The SMILES string of the molecule is C.C#CCC.C#CCN(C(=O)OC(C)(C)C)c1cnccc1OC.C#CCNc1cnccc1OC.COc1ccncc1N.COc1ccncc1N(C(=O)OC(C)(C)C)C(=O)OC(C)(C)C.COc1ccncc1NC(=O)OC(C)(C)C.Cl.O=CO[O-].[H-].[H-].[K+].[K+].[Na+]. The number of aromatic nitrogens is 5. The fraction of sp³-hybridized carbons (Fsp3) is 0.419. The van der Waals surface area contributed by atoms with E-state index in [1.807, 2.05) is 6.92 Å². The molecule has 0 aliphatic heterocycles. The van der Waals surface area contributed by atoms with Gasteiger partial charge < -0.3 is 66.7 Å². The molecule has 5 aromatic heterocycles. The third-order valence-electron chi connectivity index (χ3n) is 8.80. The molecule has 0 bridgehead atoms. The fourth-order valence-electron chi connectivity index (χ4n) is 5.49. The van der Waals surface area contributed by atoms with E-state index in [1.165, 1.54) is 57.1 Å². The van der Waals surface area contributed by atoms with Crippen molar-refractivity contribution in [3.05, 3.63) is 92.3 Å². The fourth-order valence-corrected chi connectivity index (χ4v) is 5.49. The maximum Gasteiger partial charge on any atom is 1.00 e. The molecule has 0 aliphatic carbocycles. The summed E-state index contributed by atoms with van der Waals surface area (Å²) in [7, 11) is 7.65. The number of terminal acetylenes is 3. The summed E-state index contributed by atoms with van der Waals surface area (Å²) in [6.45, 7) is 23.3. The van der Waals surface area contributed by atoms with Crippen LogP contribution in [-0.4, -0.2) is 127 Å². The van der Waals surface area contributed by atoms with Gasteiger partial charge in [-0.2, -0.15) is 4.90 Å². The van der Waals surface area contributed by atoms with E-state index < -0.39 is 46.8 Å².